The summed E-state index contributed by atoms with van der Waals surface area (Å²) in [6, 6.07) is 8.60. The summed E-state index contributed by atoms with van der Waals surface area (Å²) in [6.07, 6.45) is -2.96. The summed E-state index contributed by atoms with van der Waals surface area (Å²) in [5.41, 5.74) is -0.795. The summed E-state index contributed by atoms with van der Waals surface area (Å²) < 4.78 is 41.1. The number of alkyl halides is 3. The van der Waals surface area contributed by atoms with Gasteiger partial charge in [-0.05, 0) is 23.8 Å². The smallest absolute Gasteiger partial charge is 0.353 e. The first kappa shape index (κ1) is 24.6. The molecule has 2 aromatic rings. The van der Waals surface area contributed by atoms with Gasteiger partial charge in [0.1, 0.15) is 12.4 Å². The number of pyridine rings is 1. The molecular weight excluding hydrogens is 489 g/mol. The Labute approximate surface area is 211 Å². The monoisotopic (exact) mass is 514 g/mol. The van der Waals surface area contributed by atoms with Gasteiger partial charge in [0, 0.05) is 39.4 Å². The van der Waals surface area contributed by atoms with Gasteiger partial charge in [-0.15, -0.1) is 0 Å². The maximum atomic E-state index is 13.7. The number of benzene rings is 1. The van der Waals surface area contributed by atoms with Crippen LogP contribution in [0.4, 0.5) is 23.8 Å². The summed E-state index contributed by atoms with van der Waals surface area (Å²) >= 11 is 0. The van der Waals surface area contributed by atoms with Gasteiger partial charge in [-0.2, -0.15) is 13.2 Å². The van der Waals surface area contributed by atoms with Crippen molar-refractivity contribution in [3.8, 4) is 0 Å². The van der Waals surface area contributed by atoms with Crippen molar-refractivity contribution in [1.29, 1.82) is 0 Å². The predicted octanol–water partition coefficient (Wildman–Crippen LogP) is 2.24. The molecule has 0 spiro atoms. The molecule has 1 N–H and O–H groups in total. The Morgan fingerprint density at radius 2 is 1.76 bits per heavy atom. The summed E-state index contributed by atoms with van der Waals surface area (Å²) in [5.74, 6) is -0.000994. The third-order valence-corrected chi connectivity index (χ3v) is 6.94. The molecule has 3 aliphatic heterocycles. The molecule has 1 aromatic heterocycles. The molecular formula is C25H25F3N6O3. The number of piperazine rings is 1. The van der Waals surface area contributed by atoms with E-state index in [0.29, 0.717) is 31.9 Å². The summed E-state index contributed by atoms with van der Waals surface area (Å²) in [6.45, 7) is 1.80. The molecule has 9 nitrogen and oxygen atoms in total. The van der Waals surface area contributed by atoms with Crippen LogP contribution in [-0.2, 0) is 15.8 Å². The zero-order valence-electron chi connectivity index (χ0n) is 20.0. The summed E-state index contributed by atoms with van der Waals surface area (Å²) in [5, 5.41) is 2.53. The molecule has 4 heterocycles. The van der Waals surface area contributed by atoms with E-state index in [1.54, 1.807) is 11.1 Å². The lowest BCUT2D eigenvalue weighted by molar-refractivity contribution is -0.138. The first-order chi connectivity index (χ1) is 17.6. The SMILES string of the molecule is CN1C(=O)N[C@@H](c2ccccc2C(F)(F)F)C2=C1CN(CC(=O)N1CCN(c3ccccn3)CC1)C2=O. The molecule has 0 radical (unpaired) electrons. The third kappa shape index (κ3) is 4.58. The minimum absolute atomic E-state index is 0.0393. The number of anilines is 1. The van der Waals surface area contributed by atoms with Crippen molar-refractivity contribution < 1.29 is 27.6 Å². The van der Waals surface area contributed by atoms with Crippen LogP contribution < -0.4 is 10.2 Å². The van der Waals surface area contributed by atoms with Gasteiger partial charge < -0.3 is 20.0 Å². The molecule has 5 rings (SSSR count). The fraction of sp³-hybridized carbons (Fsp3) is 0.360. The molecule has 194 valence electrons. The summed E-state index contributed by atoms with van der Waals surface area (Å²) in [4.78, 5) is 49.6. The van der Waals surface area contributed by atoms with E-state index in [4.69, 9.17) is 0 Å². The van der Waals surface area contributed by atoms with Crippen molar-refractivity contribution in [2.75, 3.05) is 51.2 Å². The van der Waals surface area contributed by atoms with Gasteiger partial charge in [0.15, 0.2) is 0 Å². The highest BCUT2D eigenvalue weighted by Gasteiger charge is 2.46. The Kier molecular flexibility index (Phi) is 6.26. The molecule has 4 amide bonds. The van der Waals surface area contributed by atoms with E-state index >= 15 is 0 Å². The van der Waals surface area contributed by atoms with Crippen LogP contribution in [0.15, 0.2) is 59.9 Å². The highest BCUT2D eigenvalue weighted by Crippen LogP contribution is 2.41. The fourth-order valence-corrected chi connectivity index (χ4v) is 4.98. The number of carbonyl (C=O) groups is 3. The lowest BCUT2D eigenvalue weighted by atomic mass is 9.92. The molecule has 1 atom stereocenters. The molecule has 12 heteroatoms. The van der Waals surface area contributed by atoms with E-state index in [9.17, 15) is 27.6 Å². The van der Waals surface area contributed by atoms with Crippen LogP contribution in [0.25, 0.3) is 0 Å². The van der Waals surface area contributed by atoms with Crippen molar-refractivity contribution >= 4 is 23.7 Å². The van der Waals surface area contributed by atoms with Crippen LogP contribution in [0.1, 0.15) is 17.2 Å². The molecule has 0 saturated carbocycles. The fourth-order valence-electron chi connectivity index (χ4n) is 4.98. The molecule has 0 unspecified atom stereocenters. The van der Waals surface area contributed by atoms with Crippen molar-refractivity contribution in [3.05, 3.63) is 71.1 Å². The number of nitrogens with one attached hydrogen (secondary N) is 1. The molecule has 1 saturated heterocycles. The third-order valence-electron chi connectivity index (χ3n) is 6.94. The normalized spacial score (nSPS) is 20.4. The number of likely N-dealkylation sites (N-methyl/N-ethyl adjacent to an activating group) is 1. The number of halogens is 3. The topological polar surface area (TPSA) is 89.1 Å². The average Bonchev–Trinajstić information content (AvgIpc) is 3.22. The van der Waals surface area contributed by atoms with Crippen molar-refractivity contribution in [1.82, 2.24) is 25.0 Å². The van der Waals surface area contributed by atoms with E-state index < -0.39 is 29.7 Å². The number of nitrogens with zero attached hydrogens (tertiary/aromatic N) is 5. The van der Waals surface area contributed by atoms with Gasteiger partial charge in [-0.1, -0.05) is 24.3 Å². The Balaban J connectivity index is 1.32. The zero-order valence-corrected chi connectivity index (χ0v) is 20.0. The van der Waals surface area contributed by atoms with Crippen LogP contribution in [0, 0.1) is 0 Å². The maximum absolute atomic E-state index is 13.7. The standard InChI is InChI=1S/C25H25F3N6O3/c1-31-18-14-34(15-20(35)33-12-10-32(11-13-33)19-8-4-5-9-29-19)23(36)21(18)22(30-24(31)37)16-6-2-3-7-17(16)25(26,27)28/h2-9,22H,10-15H2,1H3,(H,30,37)/t22-/m0/s1. The number of amides is 4. The second-order valence-corrected chi connectivity index (χ2v) is 9.10. The van der Waals surface area contributed by atoms with E-state index in [1.165, 1.54) is 35.0 Å². The second kappa shape index (κ2) is 9.41. The molecule has 0 bridgehead atoms. The van der Waals surface area contributed by atoms with Gasteiger partial charge in [0.2, 0.25) is 5.91 Å². The Bertz CT molecular complexity index is 1260. The van der Waals surface area contributed by atoms with E-state index in [0.717, 1.165) is 11.9 Å². The number of hydrogen-bond donors (Lipinski definition) is 1. The molecule has 0 aliphatic carbocycles. The number of rotatable bonds is 4. The summed E-state index contributed by atoms with van der Waals surface area (Å²) in [7, 11) is 1.45. The highest BCUT2D eigenvalue weighted by atomic mass is 19.4. The number of aromatic nitrogens is 1. The quantitative estimate of drug-likeness (QED) is 0.676. The number of carbonyl (C=O) groups excluding carboxylic acids is 3. The van der Waals surface area contributed by atoms with E-state index in [-0.39, 0.29) is 30.1 Å². The van der Waals surface area contributed by atoms with Crippen molar-refractivity contribution in [2.45, 2.75) is 12.2 Å². The van der Waals surface area contributed by atoms with Crippen LogP contribution >= 0.6 is 0 Å². The minimum atomic E-state index is -4.67. The Hall–Kier alpha value is -4.09. The van der Waals surface area contributed by atoms with Crippen LogP contribution in [0.3, 0.4) is 0 Å². The zero-order chi connectivity index (χ0) is 26.3. The number of hydrogen-bond acceptors (Lipinski definition) is 5. The number of urea groups is 1. The highest BCUT2D eigenvalue weighted by molar-refractivity contribution is 6.03. The van der Waals surface area contributed by atoms with Crippen LogP contribution in [0.5, 0.6) is 0 Å². The van der Waals surface area contributed by atoms with Gasteiger partial charge >= 0.3 is 12.2 Å². The molecule has 3 aliphatic rings. The van der Waals surface area contributed by atoms with E-state index in [2.05, 4.69) is 15.2 Å². The van der Waals surface area contributed by atoms with Gasteiger partial charge in [0.25, 0.3) is 5.91 Å². The molecule has 1 aromatic carbocycles. The largest absolute Gasteiger partial charge is 0.416 e. The lowest BCUT2D eigenvalue weighted by Gasteiger charge is -2.36. The predicted molar refractivity (Wildman–Crippen MR) is 127 cm³/mol. The Morgan fingerprint density at radius 3 is 2.43 bits per heavy atom. The van der Waals surface area contributed by atoms with Crippen molar-refractivity contribution in [3.63, 3.8) is 0 Å². The van der Waals surface area contributed by atoms with Crippen LogP contribution in [0.2, 0.25) is 0 Å². The molecule has 37 heavy (non-hydrogen) atoms. The minimum Gasteiger partial charge on any atom is -0.353 e. The Morgan fingerprint density at radius 1 is 1.05 bits per heavy atom. The van der Waals surface area contributed by atoms with Crippen molar-refractivity contribution in [2.24, 2.45) is 0 Å². The van der Waals surface area contributed by atoms with Gasteiger partial charge in [-0.3, -0.25) is 14.5 Å². The first-order valence-electron chi connectivity index (χ1n) is 11.8. The van der Waals surface area contributed by atoms with E-state index in [1.807, 2.05) is 18.2 Å². The molecule has 1 fully saturated rings. The van der Waals surface area contributed by atoms with Gasteiger partial charge in [-0.25, -0.2) is 9.78 Å². The average molecular weight is 515 g/mol. The lowest BCUT2D eigenvalue weighted by Crippen LogP contribution is -2.51. The second-order valence-electron chi connectivity index (χ2n) is 9.10. The maximum Gasteiger partial charge on any atom is 0.416 e. The first-order valence-corrected chi connectivity index (χ1v) is 11.8. The van der Waals surface area contributed by atoms with Crippen LogP contribution in [-0.4, -0.2) is 83.8 Å². The van der Waals surface area contributed by atoms with Gasteiger partial charge in [0.05, 0.1) is 29.4 Å².